The molecule has 12 heteroatoms. The summed E-state index contributed by atoms with van der Waals surface area (Å²) in [5.41, 5.74) is 2.15. The van der Waals surface area contributed by atoms with Crippen molar-refractivity contribution in [3.05, 3.63) is 34.4 Å². The van der Waals surface area contributed by atoms with Crippen molar-refractivity contribution in [1.82, 2.24) is 9.21 Å². The predicted molar refractivity (Wildman–Crippen MR) is 139 cm³/mol. The maximum Gasteiger partial charge on any atom is 0.343 e. The Morgan fingerprint density at radius 2 is 1.64 bits per heavy atom. The third kappa shape index (κ3) is 3.83. The molecule has 2 aromatic carbocycles. The lowest BCUT2D eigenvalue weighted by Crippen LogP contribution is -2.39. The van der Waals surface area contributed by atoms with Gasteiger partial charge >= 0.3 is 5.97 Å². The molecule has 0 bridgehead atoms. The van der Waals surface area contributed by atoms with Crippen molar-refractivity contribution < 1.29 is 41.6 Å². The van der Waals surface area contributed by atoms with Gasteiger partial charge in [0.15, 0.2) is 23.0 Å². The standard InChI is InChI=1S/C27H32N2O9S/c1-28-13-10-16-18(20(28)21-15-8-9-17(33-2)22(34-3)19(15)27(30)38-21)23(35-4)24-25(37-14-36-24)26(16)39(31,32)29-11-6-5-7-12-29/h8-9,20-21H,5-7,10-14H2,1-4H3/t20-,21+/m1/s1. The van der Waals surface area contributed by atoms with Crippen LogP contribution in [0, 0.1) is 0 Å². The number of nitrogens with zero attached hydrogens (tertiary/aromatic N) is 2. The molecule has 0 saturated carbocycles. The number of benzene rings is 2. The van der Waals surface area contributed by atoms with E-state index in [1.807, 2.05) is 11.9 Å². The average molecular weight is 561 g/mol. The highest BCUT2D eigenvalue weighted by Gasteiger charge is 2.49. The largest absolute Gasteiger partial charge is 0.493 e. The van der Waals surface area contributed by atoms with E-state index >= 15 is 0 Å². The molecule has 4 heterocycles. The number of fused-ring (bicyclic) bond motifs is 3. The number of rotatable bonds is 6. The van der Waals surface area contributed by atoms with Crippen LogP contribution in [0.1, 0.15) is 58.5 Å². The van der Waals surface area contributed by atoms with Gasteiger partial charge in [-0.1, -0.05) is 12.5 Å². The second-order valence-electron chi connectivity index (χ2n) is 10.1. The fourth-order valence-electron chi connectivity index (χ4n) is 6.30. The molecule has 210 valence electrons. The summed E-state index contributed by atoms with van der Waals surface area (Å²) in [5.74, 6) is 1.01. The lowest BCUT2D eigenvalue weighted by molar-refractivity contribution is 0.00854. The van der Waals surface area contributed by atoms with Crippen molar-refractivity contribution in [2.45, 2.75) is 42.7 Å². The fraction of sp³-hybridized carbons (Fsp3) is 0.519. The molecule has 0 aromatic heterocycles. The van der Waals surface area contributed by atoms with Gasteiger partial charge in [0.05, 0.1) is 27.4 Å². The van der Waals surface area contributed by atoms with Crippen LogP contribution < -0.4 is 23.7 Å². The Bertz CT molecular complexity index is 1440. The Morgan fingerprint density at radius 1 is 0.923 bits per heavy atom. The second kappa shape index (κ2) is 9.76. The second-order valence-corrected chi connectivity index (χ2v) is 11.9. The fourth-order valence-corrected chi connectivity index (χ4v) is 8.20. The van der Waals surface area contributed by atoms with Gasteiger partial charge in [-0.2, -0.15) is 4.31 Å². The maximum absolute atomic E-state index is 14.2. The van der Waals surface area contributed by atoms with Gasteiger partial charge in [0.25, 0.3) is 0 Å². The Balaban J connectivity index is 1.58. The van der Waals surface area contributed by atoms with Gasteiger partial charge in [-0.15, -0.1) is 0 Å². The molecule has 0 unspecified atom stereocenters. The number of hydrogen-bond donors (Lipinski definition) is 0. The van der Waals surface area contributed by atoms with Gasteiger partial charge in [-0.3, -0.25) is 4.90 Å². The van der Waals surface area contributed by atoms with Crippen LogP contribution in [0.25, 0.3) is 0 Å². The first kappa shape index (κ1) is 26.0. The van der Waals surface area contributed by atoms with Crippen LogP contribution in [-0.2, 0) is 21.2 Å². The summed E-state index contributed by atoms with van der Waals surface area (Å²) in [6.07, 6.45) is 2.30. The zero-order valence-corrected chi connectivity index (χ0v) is 23.3. The van der Waals surface area contributed by atoms with Crippen LogP contribution in [-0.4, -0.2) is 78.4 Å². The van der Waals surface area contributed by atoms with Crippen molar-refractivity contribution in [1.29, 1.82) is 0 Å². The first-order chi connectivity index (χ1) is 18.8. The highest BCUT2D eigenvalue weighted by Crippen LogP contribution is 2.58. The van der Waals surface area contributed by atoms with Crippen molar-refractivity contribution in [3.63, 3.8) is 0 Å². The Labute approximate surface area is 227 Å². The summed E-state index contributed by atoms with van der Waals surface area (Å²) >= 11 is 0. The molecule has 1 fully saturated rings. The molecule has 2 atom stereocenters. The molecule has 4 aliphatic heterocycles. The van der Waals surface area contributed by atoms with Crippen LogP contribution in [0.2, 0.25) is 0 Å². The lowest BCUT2D eigenvalue weighted by Gasteiger charge is -2.39. The average Bonchev–Trinajstić information content (AvgIpc) is 3.56. The normalized spacial score (nSPS) is 22.7. The maximum atomic E-state index is 14.2. The van der Waals surface area contributed by atoms with E-state index in [9.17, 15) is 13.2 Å². The molecule has 6 rings (SSSR count). The number of esters is 1. The summed E-state index contributed by atoms with van der Waals surface area (Å²) in [5, 5.41) is 0. The number of cyclic esters (lactones) is 1. The van der Waals surface area contributed by atoms with E-state index in [4.69, 9.17) is 28.4 Å². The molecule has 39 heavy (non-hydrogen) atoms. The number of piperidine rings is 1. The Kier molecular flexibility index (Phi) is 6.51. The SMILES string of the molecule is COc1ccc2c(c1OC)C(=O)O[C@@H]2[C@H]1c2c(c(S(=O)(=O)N3CCCCC3)c3c(c2OC)OCO3)CCN1C. The van der Waals surface area contributed by atoms with E-state index in [2.05, 4.69) is 0 Å². The summed E-state index contributed by atoms with van der Waals surface area (Å²) < 4.78 is 64.3. The molecule has 0 N–H and O–H groups in total. The molecule has 0 aliphatic carbocycles. The minimum Gasteiger partial charge on any atom is -0.493 e. The number of hydrogen-bond acceptors (Lipinski definition) is 10. The van der Waals surface area contributed by atoms with Gasteiger partial charge in [-0.25, -0.2) is 13.2 Å². The number of likely N-dealkylation sites (N-methyl/N-ethyl adjacent to an activating group) is 1. The van der Waals surface area contributed by atoms with E-state index in [0.717, 1.165) is 19.3 Å². The van der Waals surface area contributed by atoms with Gasteiger partial charge in [0, 0.05) is 30.8 Å². The van der Waals surface area contributed by atoms with E-state index in [0.29, 0.717) is 65.6 Å². The van der Waals surface area contributed by atoms with Crippen LogP contribution in [0.15, 0.2) is 17.0 Å². The number of sulfonamides is 1. The zero-order chi connectivity index (χ0) is 27.5. The minimum absolute atomic E-state index is 0.115. The number of carbonyl (C=O) groups is 1. The van der Waals surface area contributed by atoms with Crippen molar-refractivity contribution in [2.75, 3.05) is 54.8 Å². The van der Waals surface area contributed by atoms with Crippen LogP contribution in [0.4, 0.5) is 0 Å². The quantitative estimate of drug-likeness (QED) is 0.489. The summed E-state index contributed by atoms with van der Waals surface area (Å²) in [7, 11) is 2.52. The summed E-state index contributed by atoms with van der Waals surface area (Å²) in [4.78, 5) is 15.4. The zero-order valence-electron chi connectivity index (χ0n) is 22.4. The van der Waals surface area contributed by atoms with Crippen LogP contribution in [0.3, 0.4) is 0 Å². The monoisotopic (exact) mass is 560 g/mol. The summed E-state index contributed by atoms with van der Waals surface area (Å²) in [6.45, 7) is 1.32. The first-order valence-electron chi connectivity index (χ1n) is 13.0. The third-order valence-electron chi connectivity index (χ3n) is 8.08. The van der Waals surface area contributed by atoms with Gasteiger partial charge in [0.1, 0.15) is 16.6 Å². The molecule has 11 nitrogen and oxygen atoms in total. The van der Waals surface area contributed by atoms with Crippen molar-refractivity contribution in [2.24, 2.45) is 0 Å². The van der Waals surface area contributed by atoms with Gasteiger partial charge in [0.2, 0.25) is 22.6 Å². The van der Waals surface area contributed by atoms with Crippen LogP contribution >= 0.6 is 0 Å². The molecule has 0 spiro atoms. The molecular formula is C27H32N2O9S. The molecule has 0 amide bonds. The number of methoxy groups -OCH3 is 3. The van der Waals surface area contributed by atoms with E-state index < -0.39 is 28.1 Å². The minimum atomic E-state index is -3.90. The molecule has 1 saturated heterocycles. The van der Waals surface area contributed by atoms with E-state index in [1.165, 1.54) is 25.6 Å². The molecular weight excluding hydrogens is 528 g/mol. The van der Waals surface area contributed by atoms with E-state index in [1.54, 1.807) is 12.1 Å². The molecule has 0 radical (unpaired) electrons. The molecule has 4 aliphatic rings. The Morgan fingerprint density at radius 3 is 2.33 bits per heavy atom. The number of ether oxygens (including phenoxy) is 6. The summed E-state index contributed by atoms with van der Waals surface area (Å²) in [6, 6.07) is 2.97. The third-order valence-corrected chi connectivity index (χ3v) is 10.1. The highest BCUT2D eigenvalue weighted by molar-refractivity contribution is 7.89. The smallest absolute Gasteiger partial charge is 0.343 e. The lowest BCUT2D eigenvalue weighted by atomic mass is 9.85. The number of carbonyl (C=O) groups excluding carboxylic acids is 1. The predicted octanol–water partition coefficient (Wildman–Crippen LogP) is 3.06. The van der Waals surface area contributed by atoms with Gasteiger partial charge < -0.3 is 28.4 Å². The Hall–Kier alpha value is -3.22. The molecule has 2 aromatic rings. The van der Waals surface area contributed by atoms with Crippen molar-refractivity contribution in [3.8, 4) is 28.7 Å². The van der Waals surface area contributed by atoms with E-state index in [-0.39, 0.29) is 23.2 Å². The van der Waals surface area contributed by atoms with Crippen molar-refractivity contribution >= 4 is 16.0 Å². The van der Waals surface area contributed by atoms with Crippen LogP contribution in [0.5, 0.6) is 28.7 Å². The van der Waals surface area contributed by atoms with Gasteiger partial charge in [-0.05, 0) is 37.9 Å². The highest BCUT2D eigenvalue weighted by atomic mass is 32.2. The first-order valence-corrected chi connectivity index (χ1v) is 14.5. The topological polar surface area (TPSA) is 113 Å².